The summed E-state index contributed by atoms with van der Waals surface area (Å²) in [4.78, 5) is 0. The summed E-state index contributed by atoms with van der Waals surface area (Å²) < 4.78 is 42.4. The van der Waals surface area contributed by atoms with Crippen molar-refractivity contribution in [2.75, 3.05) is 0 Å². The first-order valence-corrected chi connectivity index (χ1v) is 5.23. The van der Waals surface area contributed by atoms with E-state index < -0.39 is 21.4 Å². The molecule has 14 heavy (non-hydrogen) atoms. The molecular formula is C8H9FO4S. The molecule has 6 heteroatoms. The lowest BCUT2D eigenvalue weighted by Gasteiger charge is -2.10. The molecule has 1 atom stereocenters. The SMILES string of the molecule is Cc1ccc(F)cc1C(O)S(=O)(=O)O. The Labute approximate surface area is 80.7 Å². The van der Waals surface area contributed by atoms with Crippen LogP contribution in [0.2, 0.25) is 0 Å². The van der Waals surface area contributed by atoms with Gasteiger partial charge >= 0.3 is 0 Å². The van der Waals surface area contributed by atoms with Crippen LogP contribution in [-0.4, -0.2) is 18.1 Å². The fourth-order valence-electron chi connectivity index (χ4n) is 1.04. The molecule has 0 amide bonds. The number of hydrogen-bond acceptors (Lipinski definition) is 3. The van der Waals surface area contributed by atoms with Crippen LogP contribution in [-0.2, 0) is 10.1 Å². The molecule has 0 saturated heterocycles. The minimum Gasteiger partial charge on any atom is -0.371 e. The highest BCUT2D eigenvalue weighted by Crippen LogP contribution is 2.22. The van der Waals surface area contributed by atoms with Gasteiger partial charge in [0.25, 0.3) is 10.1 Å². The van der Waals surface area contributed by atoms with Gasteiger partial charge in [-0.25, -0.2) is 4.39 Å². The number of aliphatic hydroxyl groups is 1. The van der Waals surface area contributed by atoms with Gasteiger partial charge in [0.15, 0.2) is 0 Å². The van der Waals surface area contributed by atoms with Gasteiger partial charge in [0.05, 0.1) is 0 Å². The number of halogens is 1. The molecule has 0 aliphatic heterocycles. The second-order valence-corrected chi connectivity index (χ2v) is 4.34. The highest BCUT2D eigenvalue weighted by molar-refractivity contribution is 7.85. The molecule has 2 N–H and O–H groups in total. The van der Waals surface area contributed by atoms with Crippen molar-refractivity contribution in [2.24, 2.45) is 0 Å². The quantitative estimate of drug-likeness (QED) is 0.729. The first kappa shape index (κ1) is 11.1. The van der Waals surface area contributed by atoms with Gasteiger partial charge in [0.1, 0.15) is 5.82 Å². The molecular weight excluding hydrogens is 211 g/mol. The number of aryl methyl sites for hydroxylation is 1. The fraction of sp³-hybridized carbons (Fsp3) is 0.250. The maximum atomic E-state index is 12.7. The fourth-order valence-corrected chi connectivity index (χ4v) is 1.61. The largest absolute Gasteiger partial charge is 0.371 e. The summed E-state index contributed by atoms with van der Waals surface area (Å²) in [6.07, 6.45) is 0. The minimum atomic E-state index is -4.61. The van der Waals surface area contributed by atoms with Crippen molar-refractivity contribution in [1.29, 1.82) is 0 Å². The lowest BCUT2D eigenvalue weighted by molar-refractivity contribution is 0.237. The molecule has 0 spiro atoms. The Morgan fingerprint density at radius 1 is 1.43 bits per heavy atom. The van der Waals surface area contributed by atoms with Crippen LogP contribution in [0.3, 0.4) is 0 Å². The van der Waals surface area contributed by atoms with Crippen LogP contribution in [0.1, 0.15) is 16.6 Å². The van der Waals surface area contributed by atoms with Crippen molar-refractivity contribution in [1.82, 2.24) is 0 Å². The van der Waals surface area contributed by atoms with E-state index in [1.54, 1.807) is 0 Å². The van der Waals surface area contributed by atoms with E-state index in [9.17, 15) is 12.8 Å². The smallest absolute Gasteiger partial charge is 0.296 e. The summed E-state index contributed by atoms with van der Waals surface area (Å²) in [6.45, 7) is 1.50. The van der Waals surface area contributed by atoms with Crippen molar-refractivity contribution in [3.8, 4) is 0 Å². The zero-order valence-corrected chi connectivity index (χ0v) is 8.12. The van der Waals surface area contributed by atoms with Gasteiger partial charge in [-0.2, -0.15) is 8.42 Å². The van der Waals surface area contributed by atoms with Gasteiger partial charge in [-0.3, -0.25) is 4.55 Å². The van der Waals surface area contributed by atoms with Crippen molar-refractivity contribution in [3.05, 3.63) is 35.1 Å². The zero-order valence-electron chi connectivity index (χ0n) is 7.31. The van der Waals surface area contributed by atoms with Gasteiger partial charge in [-0.15, -0.1) is 0 Å². The van der Waals surface area contributed by atoms with Crippen molar-refractivity contribution in [3.63, 3.8) is 0 Å². The van der Waals surface area contributed by atoms with Crippen LogP contribution in [0.4, 0.5) is 4.39 Å². The third kappa shape index (κ3) is 2.28. The third-order valence-corrected chi connectivity index (χ3v) is 2.61. The van der Waals surface area contributed by atoms with E-state index in [0.29, 0.717) is 5.56 Å². The maximum absolute atomic E-state index is 12.7. The molecule has 0 aromatic heterocycles. The standard InChI is InChI=1S/C8H9FO4S/c1-5-2-3-6(9)4-7(5)8(10)14(11,12)13/h2-4,8,10H,1H3,(H,11,12,13). The summed E-state index contributed by atoms with van der Waals surface area (Å²) in [5.41, 5.74) is -1.87. The van der Waals surface area contributed by atoms with Gasteiger partial charge in [-0.05, 0) is 24.6 Å². The number of rotatable bonds is 2. The summed E-state index contributed by atoms with van der Waals surface area (Å²) >= 11 is 0. The Morgan fingerprint density at radius 2 is 2.00 bits per heavy atom. The monoisotopic (exact) mass is 220 g/mol. The number of benzene rings is 1. The van der Waals surface area contributed by atoms with Crippen LogP contribution in [0.25, 0.3) is 0 Å². The predicted molar refractivity (Wildman–Crippen MR) is 47.6 cm³/mol. The second-order valence-electron chi connectivity index (χ2n) is 2.87. The van der Waals surface area contributed by atoms with Crippen LogP contribution in [0.15, 0.2) is 18.2 Å². The van der Waals surface area contributed by atoms with Crippen LogP contribution in [0, 0.1) is 12.7 Å². The molecule has 4 nitrogen and oxygen atoms in total. The van der Waals surface area contributed by atoms with E-state index in [2.05, 4.69) is 0 Å². The lowest BCUT2D eigenvalue weighted by atomic mass is 10.1. The first-order chi connectivity index (χ1) is 6.32. The van der Waals surface area contributed by atoms with Crippen LogP contribution < -0.4 is 0 Å². The number of aliphatic hydroxyl groups excluding tert-OH is 1. The van der Waals surface area contributed by atoms with E-state index >= 15 is 0 Å². The van der Waals surface area contributed by atoms with Gasteiger partial charge in [0, 0.05) is 5.56 Å². The highest BCUT2D eigenvalue weighted by Gasteiger charge is 2.23. The molecule has 0 fully saturated rings. The summed E-state index contributed by atoms with van der Waals surface area (Å²) in [7, 11) is -4.61. The minimum absolute atomic E-state index is 0.160. The molecule has 0 radical (unpaired) electrons. The van der Waals surface area contributed by atoms with Crippen LogP contribution >= 0.6 is 0 Å². The maximum Gasteiger partial charge on any atom is 0.296 e. The molecule has 0 saturated carbocycles. The van der Waals surface area contributed by atoms with Gasteiger partial charge < -0.3 is 5.11 Å². The average Bonchev–Trinajstić information content (AvgIpc) is 2.06. The zero-order chi connectivity index (χ0) is 10.9. The summed E-state index contributed by atoms with van der Waals surface area (Å²) in [5.74, 6) is -0.673. The highest BCUT2D eigenvalue weighted by atomic mass is 32.2. The number of hydrogen-bond donors (Lipinski definition) is 2. The predicted octanol–water partition coefficient (Wildman–Crippen LogP) is 1.01. The average molecular weight is 220 g/mol. The summed E-state index contributed by atoms with van der Waals surface area (Å²) in [5, 5.41) is 9.16. The Kier molecular flexibility index (Phi) is 2.89. The van der Waals surface area contributed by atoms with E-state index in [4.69, 9.17) is 9.66 Å². The van der Waals surface area contributed by atoms with Crippen molar-refractivity contribution >= 4 is 10.1 Å². The molecule has 0 aliphatic rings. The first-order valence-electron chi connectivity index (χ1n) is 3.73. The molecule has 0 bridgehead atoms. The molecule has 1 rings (SSSR count). The molecule has 0 aliphatic carbocycles. The van der Waals surface area contributed by atoms with Gasteiger partial charge in [-0.1, -0.05) is 6.07 Å². The van der Waals surface area contributed by atoms with E-state index in [1.165, 1.54) is 13.0 Å². The third-order valence-electron chi connectivity index (χ3n) is 1.79. The Balaban J connectivity index is 3.26. The van der Waals surface area contributed by atoms with Gasteiger partial charge in [0.2, 0.25) is 5.44 Å². The Hall–Kier alpha value is -0.980. The molecule has 1 unspecified atom stereocenters. The van der Waals surface area contributed by atoms with E-state index in [-0.39, 0.29) is 5.56 Å². The molecule has 1 aromatic carbocycles. The Bertz CT molecular complexity index is 441. The van der Waals surface area contributed by atoms with Crippen LogP contribution in [0.5, 0.6) is 0 Å². The topological polar surface area (TPSA) is 74.6 Å². The molecule has 78 valence electrons. The van der Waals surface area contributed by atoms with Crippen molar-refractivity contribution < 1.29 is 22.5 Å². The second kappa shape index (κ2) is 3.64. The van der Waals surface area contributed by atoms with E-state index in [0.717, 1.165) is 12.1 Å². The normalized spacial score (nSPS) is 14.0. The molecule has 1 aromatic rings. The lowest BCUT2D eigenvalue weighted by Crippen LogP contribution is -2.12. The Morgan fingerprint density at radius 3 is 2.50 bits per heavy atom. The van der Waals surface area contributed by atoms with E-state index in [1.807, 2.05) is 0 Å². The molecule has 0 heterocycles. The van der Waals surface area contributed by atoms with Crippen molar-refractivity contribution in [2.45, 2.75) is 12.4 Å². The summed E-state index contributed by atoms with van der Waals surface area (Å²) in [6, 6.07) is 3.32.